The summed E-state index contributed by atoms with van der Waals surface area (Å²) in [6.45, 7) is 0.619. The average molecular weight is 329 g/mol. The lowest BCUT2D eigenvalue weighted by molar-refractivity contribution is -0.120. The van der Waals surface area contributed by atoms with E-state index in [9.17, 15) is 4.79 Å². The first-order chi connectivity index (χ1) is 11.2. The summed E-state index contributed by atoms with van der Waals surface area (Å²) in [5.41, 5.74) is 1.80. The maximum atomic E-state index is 11.9. The molecule has 2 heterocycles. The first-order valence-electron chi connectivity index (χ1n) is 7.52. The van der Waals surface area contributed by atoms with Gasteiger partial charge in [-0.2, -0.15) is 0 Å². The van der Waals surface area contributed by atoms with Gasteiger partial charge in [-0.15, -0.1) is 10.2 Å². The lowest BCUT2D eigenvalue weighted by atomic mass is 10.1. The molecule has 118 valence electrons. The van der Waals surface area contributed by atoms with Crippen LogP contribution in [0.5, 0.6) is 0 Å². The number of halogens is 1. The Balaban J connectivity index is 1.44. The largest absolute Gasteiger partial charge is 0.356 e. The summed E-state index contributed by atoms with van der Waals surface area (Å²) in [7, 11) is 0. The van der Waals surface area contributed by atoms with Crippen LogP contribution in [0.2, 0.25) is 5.02 Å². The van der Waals surface area contributed by atoms with Crippen molar-refractivity contribution in [2.24, 2.45) is 0 Å². The second kappa shape index (κ2) is 7.24. The summed E-state index contributed by atoms with van der Waals surface area (Å²) in [6.07, 6.45) is 3.91. The van der Waals surface area contributed by atoms with Crippen LogP contribution in [-0.4, -0.2) is 27.0 Å². The third-order valence-electron chi connectivity index (χ3n) is 3.56. The number of aromatic nitrogens is 3. The van der Waals surface area contributed by atoms with E-state index in [1.165, 1.54) is 0 Å². The van der Waals surface area contributed by atoms with Gasteiger partial charge < -0.3 is 5.32 Å². The first-order valence-corrected chi connectivity index (χ1v) is 7.90. The minimum Gasteiger partial charge on any atom is -0.356 e. The molecular formula is C17H17ClN4O. The van der Waals surface area contributed by atoms with E-state index >= 15 is 0 Å². The number of amides is 1. The fourth-order valence-corrected chi connectivity index (χ4v) is 2.51. The van der Waals surface area contributed by atoms with Crippen LogP contribution in [0.25, 0.3) is 5.65 Å². The SMILES string of the molecule is O=C(Cc1ccc(Cl)cc1)NCCCc1nnc2ccccn12. The average Bonchev–Trinajstić information content (AvgIpc) is 2.97. The van der Waals surface area contributed by atoms with E-state index in [0.29, 0.717) is 18.0 Å². The van der Waals surface area contributed by atoms with E-state index in [2.05, 4.69) is 15.5 Å². The quantitative estimate of drug-likeness (QED) is 0.708. The summed E-state index contributed by atoms with van der Waals surface area (Å²) in [6, 6.07) is 13.1. The molecule has 0 atom stereocenters. The first kappa shape index (κ1) is 15.5. The summed E-state index contributed by atoms with van der Waals surface area (Å²) in [5.74, 6) is 0.922. The molecule has 2 aromatic heterocycles. The topological polar surface area (TPSA) is 59.3 Å². The van der Waals surface area contributed by atoms with Crippen LogP contribution in [0.15, 0.2) is 48.7 Å². The molecule has 0 fully saturated rings. The number of nitrogens with one attached hydrogen (secondary N) is 1. The number of carbonyl (C=O) groups is 1. The van der Waals surface area contributed by atoms with E-state index < -0.39 is 0 Å². The minimum atomic E-state index is 0.0124. The van der Waals surface area contributed by atoms with E-state index in [1.807, 2.05) is 40.9 Å². The highest BCUT2D eigenvalue weighted by Gasteiger charge is 2.06. The molecule has 0 radical (unpaired) electrons. The lowest BCUT2D eigenvalue weighted by Crippen LogP contribution is -2.26. The summed E-state index contributed by atoms with van der Waals surface area (Å²) in [4.78, 5) is 11.9. The fraction of sp³-hybridized carbons (Fsp3) is 0.235. The molecule has 23 heavy (non-hydrogen) atoms. The van der Waals surface area contributed by atoms with Gasteiger partial charge in [0, 0.05) is 24.2 Å². The molecule has 5 nitrogen and oxygen atoms in total. The highest BCUT2D eigenvalue weighted by atomic mass is 35.5. The number of carbonyl (C=O) groups excluding carboxylic acids is 1. The molecule has 0 aliphatic carbocycles. The minimum absolute atomic E-state index is 0.0124. The highest BCUT2D eigenvalue weighted by Crippen LogP contribution is 2.10. The highest BCUT2D eigenvalue weighted by molar-refractivity contribution is 6.30. The smallest absolute Gasteiger partial charge is 0.224 e. The molecule has 3 aromatic rings. The van der Waals surface area contributed by atoms with Crippen molar-refractivity contribution in [3.05, 3.63) is 65.1 Å². The summed E-state index contributed by atoms with van der Waals surface area (Å²) >= 11 is 5.83. The molecule has 0 unspecified atom stereocenters. The molecule has 0 bridgehead atoms. The second-order valence-electron chi connectivity index (χ2n) is 5.30. The molecule has 0 spiro atoms. The Labute approximate surface area is 139 Å². The van der Waals surface area contributed by atoms with Crippen LogP contribution in [0.4, 0.5) is 0 Å². The Morgan fingerprint density at radius 3 is 2.78 bits per heavy atom. The molecule has 1 amide bonds. The van der Waals surface area contributed by atoms with Gasteiger partial charge >= 0.3 is 0 Å². The number of fused-ring (bicyclic) bond motifs is 1. The molecule has 0 aliphatic heterocycles. The van der Waals surface area contributed by atoms with Crippen LogP contribution < -0.4 is 5.32 Å². The number of benzene rings is 1. The number of pyridine rings is 1. The zero-order valence-electron chi connectivity index (χ0n) is 12.6. The Kier molecular flexibility index (Phi) is 4.88. The molecular weight excluding hydrogens is 312 g/mol. The second-order valence-corrected chi connectivity index (χ2v) is 5.74. The number of nitrogens with zero attached hydrogens (tertiary/aromatic N) is 3. The Bertz CT molecular complexity index is 798. The van der Waals surface area contributed by atoms with E-state index in [0.717, 1.165) is 29.9 Å². The standard InChI is InChI=1S/C17H17ClN4O/c18-14-8-6-13(7-9-14)12-17(23)19-10-3-5-16-21-20-15-4-1-2-11-22(15)16/h1-2,4,6-9,11H,3,5,10,12H2,(H,19,23). The van der Waals surface area contributed by atoms with E-state index in [4.69, 9.17) is 11.6 Å². The normalized spacial score (nSPS) is 10.8. The monoisotopic (exact) mass is 328 g/mol. The van der Waals surface area contributed by atoms with Gasteiger partial charge in [0.05, 0.1) is 6.42 Å². The third-order valence-corrected chi connectivity index (χ3v) is 3.81. The van der Waals surface area contributed by atoms with Gasteiger partial charge in [0.2, 0.25) is 5.91 Å². The number of hydrogen-bond acceptors (Lipinski definition) is 3. The maximum Gasteiger partial charge on any atom is 0.224 e. The predicted octanol–water partition coefficient (Wildman–Crippen LogP) is 2.67. The summed E-state index contributed by atoms with van der Waals surface area (Å²) < 4.78 is 1.97. The van der Waals surface area contributed by atoms with Crippen molar-refractivity contribution >= 4 is 23.2 Å². The molecule has 3 rings (SSSR count). The van der Waals surface area contributed by atoms with Gasteiger partial charge in [0.1, 0.15) is 5.82 Å². The Morgan fingerprint density at radius 1 is 1.13 bits per heavy atom. The van der Waals surface area contributed by atoms with Crippen molar-refractivity contribution in [2.45, 2.75) is 19.3 Å². The molecule has 6 heteroatoms. The van der Waals surface area contributed by atoms with Crippen molar-refractivity contribution in [1.82, 2.24) is 19.9 Å². The summed E-state index contributed by atoms with van der Waals surface area (Å²) in [5, 5.41) is 11.9. The Morgan fingerprint density at radius 2 is 1.96 bits per heavy atom. The Hall–Kier alpha value is -2.40. The lowest BCUT2D eigenvalue weighted by Gasteiger charge is -2.05. The van der Waals surface area contributed by atoms with Gasteiger partial charge in [-0.25, -0.2) is 0 Å². The molecule has 0 saturated heterocycles. The maximum absolute atomic E-state index is 11.9. The zero-order valence-corrected chi connectivity index (χ0v) is 13.3. The van der Waals surface area contributed by atoms with Crippen LogP contribution in [0, 0.1) is 0 Å². The van der Waals surface area contributed by atoms with E-state index in [-0.39, 0.29) is 5.91 Å². The van der Waals surface area contributed by atoms with Crippen molar-refractivity contribution in [1.29, 1.82) is 0 Å². The molecule has 1 aromatic carbocycles. The fourth-order valence-electron chi connectivity index (χ4n) is 2.39. The predicted molar refractivity (Wildman–Crippen MR) is 89.5 cm³/mol. The van der Waals surface area contributed by atoms with Gasteiger partial charge in [-0.1, -0.05) is 29.8 Å². The number of hydrogen-bond donors (Lipinski definition) is 1. The van der Waals surface area contributed by atoms with Crippen molar-refractivity contribution in [3.8, 4) is 0 Å². The third kappa shape index (κ3) is 4.07. The molecule has 1 N–H and O–H groups in total. The van der Waals surface area contributed by atoms with Crippen molar-refractivity contribution < 1.29 is 4.79 Å². The van der Waals surface area contributed by atoms with Gasteiger partial charge in [0.15, 0.2) is 5.65 Å². The van der Waals surface area contributed by atoms with Crippen molar-refractivity contribution in [3.63, 3.8) is 0 Å². The van der Waals surface area contributed by atoms with Crippen LogP contribution in [-0.2, 0) is 17.6 Å². The zero-order chi connectivity index (χ0) is 16.1. The number of aryl methyl sites for hydroxylation is 1. The molecule has 0 saturated carbocycles. The number of rotatable bonds is 6. The van der Waals surface area contributed by atoms with Gasteiger partial charge in [0.25, 0.3) is 0 Å². The van der Waals surface area contributed by atoms with Gasteiger partial charge in [-0.3, -0.25) is 9.20 Å². The van der Waals surface area contributed by atoms with E-state index in [1.54, 1.807) is 12.1 Å². The van der Waals surface area contributed by atoms with Crippen LogP contribution >= 0.6 is 11.6 Å². The van der Waals surface area contributed by atoms with Gasteiger partial charge in [-0.05, 0) is 36.2 Å². The van der Waals surface area contributed by atoms with Crippen LogP contribution in [0.1, 0.15) is 17.8 Å². The molecule has 0 aliphatic rings. The van der Waals surface area contributed by atoms with Crippen molar-refractivity contribution in [2.75, 3.05) is 6.54 Å². The van der Waals surface area contributed by atoms with Crippen LogP contribution in [0.3, 0.4) is 0 Å².